The Hall–Kier alpha value is -0.820. The van der Waals surface area contributed by atoms with Crippen LogP contribution >= 0.6 is 0 Å². The Morgan fingerprint density at radius 1 is 1.11 bits per heavy atom. The van der Waals surface area contributed by atoms with E-state index in [-0.39, 0.29) is 6.04 Å². The molecule has 0 aliphatic heterocycles. The average molecular weight is 259 g/mol. The number of benzene rings is 1. The van der Waals surface area contributed by atoms with Crippen LogP contribution in [0.4, 0.5) is 0 Å². The number of rotatable bonds is 5. The van der Waals surface area contributed by atoms with Gasteiger partial charge in [0.15, 0.2) is 0 Å². The first-order valence-electron chi connectivity index (χ1n) is 8.00. The molecule has 1 heteroatoms. The van der Waals surface area contributed by atoms with Gasteiger partial charge >= 0.3 is 0 Å². The van der Waals surface area contributed by atoms with E-state index in [1.807, 2.05) is 0 Å². The zero-order chi connectivity index (χ0) is 13.7. The lowest BCUT2D eigenvalue weighted by atomic mass is 9.69. The smallest absolute Gasteiger partial charge is 0.0349 e. The van der Waals surface area contributed by atoms with Gasteiger partial charge in [0.25, 0.3) is 0 Å². The highest BCUT2D eigenvalue weighted by atomic mass is 14.7. The van der Waals surface area contributed by atoms with E-state index in [4.69, 9.17) is 5.73 Å². The normalized spacial score (nSPS) is 20.2. The Kier molecular flexibility index (Phi) is 5.04. The maximum Gasteiger partial charge on any atom is 0.0349 e. The molecule has 0 spiro atoms. The van der Waals surface area contributed by atoms with E-state index in [1.165, 1.54) is 62.5 Å². The summed E-state index contributed by atoms with van der Waals surface area (Å²) in [7, 11) is 0. The highest BCUT2D eigenvalue weighted by Crippen LogP contribution is 2.44. The SMILES string of the molecule is CCCCc1ccc(C(N)C2(C)CCCCC2)cc1. The quantitative estimate of drug-likeness (QED) is 0.791. The molecule has 1 unspecified atom stereocenters. The van der Waals surface area contributed by atoms with E-state index in [1.54, 1.807) is 0 Å². The molecular weight excluding hydrogens is 230 g/mol. The van der Waals surface area contributed by atoms with E-state index in [0.29, 0.717) is 5.41 Å². The molecule has 0 amide bonds. The lowest BCUT2D eigenvalue weighted by molar-refractivity contribution is 0.170. The minimum Gasteiger partial charge on any atom is -0.323 e. The maximum atomic E-state index is 6.55. The van der Waals surface area contributed by atoms with Gasteiger partial charge in [0.2, 0.25) is 0 Å². The average Bonchev–Trinajstić information content (AvgIpc) is 2.46. The molecule has 19 heavy (non-hydrogen) atoms. The zero-order valence-corrected chi connectivity index (χ0v) is 12.6. The summed E-state index contributed by atoms with van der Waals surface area (Å²) in [4.78, 5) is 0. The fraction of sp³-hybridized carbons (Fsp3) is 0.667. The first kappa shape index (κ1) is 14.6. The van der Waals surface area contributed by atoms with Gasteiger partial charge in [-0.2, -0.15) is 0 Å². The Morgan fingerprint density at radius 3 is 2.32 bits per heavy atom. The van der Waals surface area contributed by atoms with Crippen LogP contribution in [0.25, 0.3) is 0 Å². The lowest BCUT2D eigenvalue weighted by Gasteiger charge is -2.39. The van der Waals surface area contributed by atoms with Gasteiger partial charge in [0.1, 0.15) is 0 Å². The Morgan fingerprint density at radius 2 is 1.74 bits per heavy atom. The second-order valence-corrected chi connectivity index (χ2v) is 6.54. The fourth-order valence-corrected chi connectivity index (χ4v) is 3.35. The van der Waals surface area contributed by atoms with E-state index in [0.717, 1.165) is 0 Å². The van der Waals surface area contributed by atoms with Crippen LogP contribution in [0.3, 0.4) is 0 Å². The predicted octanol–water partition coefficient (Wildman–Crippen LogP) is 5.00. The Labute approximate surface area is 118 Å². The van der Waals surface area contributed by atoms with Crippen molar-refractivity contribution in [2.24, 2.45) is 11.1 Å². The monoisotopic (exact) mass is 259 g/mol. The van der Waals surface area contributed by atoms with E-state index >= 15 is 0 Å². The van der Waals surface area contributed by atoms with Crippen LogP contribution in [0.1, 0.15) is 76.0 Å². The van der Waals surface area contributed by atoms with Crippen molar-refractivity contribution < 1.29 is 0 Å². The van der Waals surface area contributed by atoms with Crippen molar-refractivity contribution in [3.63, 3.8) is 0 Å². The summed E-state index contributed by atoms with van der Waals surface area (Å²) in [6.45, 7) is 4.62. The first-order chi connectivity index (χ1) is 9.15. The van der Waals surface area contributed by atoms with Gasteiger partial charge in [-0.1, -0.05) is 63.8 Å². The highest BCUT2D eigenvalue weighted by molar-refractivity contribution is 5.26. The number of nitrogens with two attached hydrogens (primary N) is 1. The predicted molar refractivity (Wildman–Crippen MR) is 83.2 cm³/mol. The van der Waals surface area contributed by atoms with E-state index in [9.17, 15) is 0 Å². The van der Waals surface area contributed by atoms with Crippen LogP contribution in [0.15, 0.2) is 24.3 Å². The third kappa shape index (κ3) is 3.60. The maximum absolute atomic E-state index is 6.55. The van der Waals surface area contributed by atoms with Gasteiger partial charge in [-0.05, 0) is 42.2 Å². The molecule has 0 bridgehead atoms. The summed E-state index contributed by atoms with van der Waals surface area (Å²) in [5, 5.41) is 0. The second kappa shape index (κ2) is 6.56. The third-order valence-electron chi connectivity index (χ3n) is 4.90. The molecule has 2 N–H and O–H groups in total. The van der Waals surface area contributed by atoms with Gasteiger partial charge in [0, 0.05) is 6.04 Å². The molecular formula is C18H29N. The van der Waals surface area contributed by atoms with Crippen LogP contribution in [-0.2, 0) is 6.42 Å². The zero-order valence-electron chi connectivity index (χ0n) is 12.6. The Balaban J connectivity index is 2.04. The van der Waals surface area contributed by atoms with Gasteiger partial charge in [-0.25, -0.2) is 0 Å². The second-order valence-electron chi connectivity index (χ2n) is 6.54. The van der Waals surface area contributed by atoms with Crippen LogP contribution in [-0.4, -0.2) is 0 Å². The molecule has 1 fully saturated rings. The molecule has 1 aliphatic carbocycles. The summed E-state index contributed by atoms with van der Waals surface area (Å²) in [6, 6.07) is 9.27. The van der Waals surface area contributed by atoms with Crippen molar-refractivity contribution >= 4 is 0 Å². The molecule has 1 aliphatic rings. The highest BCUT2D eigenvalue weighted by Gasteiger charge is 2.33. The molecule has 1 aromatic rings. The number of unbranched alkanes of at least 4 members (excludes halogenated alkanes) is 1. The van der Waals surface area contributed by atoms with Crippen molar-refractivity contribution in [1.29, 1.82) is 0 Å². The van der Waals surface area contributed by atoms with Crippen molar-refractivity contribution in [2.75, 3.05) is 0 Å². The molecule has 1 nitrogen and oxygen atoms in total. The van der Waals surface area contributed by atoms with E-state index in [2.05, 4.69) is 38.1 Å². The molecule has 106 valence electrons. The fourth-order valence-electron chi connectivity index (χ4n) is 3.35. The van der Waals surface area contributed by atoms with Gasteiger partial charge < -0.3 is 5.73 Å². The van der Waals surface area contributed by atoms with E-state index < -0.39 is 0 Å². The molecule has 0 radical (unpaired) electrons. The van der Waals surface area contributed by atoms with Crippen molar-refractivity contribution in [3.05, 3.63) is 35.4 Å². The minimum atomic E-state index is 0.202. The lowest BCUT2D eigenvalue weighted by Crippen LogP contribution is -2.33. The van der Waals surface area contributed by atoms with Crippen LogP contribution in [0, 0.1) is 5.41 Å². The topological polar surface area (TPSA) is 26.0 Å². The largest absolute Gasteiger partial charge is 0.323 e. The summed E-state index contributed by atoms with van der Waals surface area (Å²) >= 11 is 0. The van der Waals surface area contributed by atoms with Gasteiger partial charge in [-0.15, -0.1) is 0 Å². The van der Waals surface area contributed by atoms with Gasteiger partial charge in [0.05, 0.1) is 0 Å². The molecule has 2 rings (SSSR count). The van der Waals surface area contributed by atoms with Crippen LogP contribution in [0.5, 0.6) is 0 Å². The molecule has 0 saturated heterocycles. The summed E-state index contributed by atoms with van der Waals surface area (Å²) in [5.74, 6) is 0. The number of aryl methyl sites for hydroxylation is 1. The summed E-state index contributed by atoms with van der Waals surface area (Å²) < 4.78 is 0. The van der Waals surface area contributed by atoms with Crippen LogP contribution in [0.2, 0.25) is 0 Å². The van der Waals surface area contributed by atoms with Crippen LogP contribution < -0.4 is 5.73 Å². The van der Waals surface area contributed by atoms with Crippen molar-refractivity contribution in [2.45, 2.75) is 71.3 Å². The molecule has 1 atom stereocenters. The molecule has 1 aromatic carbocycles. The standard InChI is InChI=1S/C18H29N/c1-3-4-8-15-9-11-16(12-10-15)17(19)18(2)13-6-5-7-14-18/h9-12,17H,3-8,13-14,19H2,1-2H3. The van der Waals surface area contributed by atoms with Crippen molar-refractivity contribution in [1.82, 2.24) is 0 Å². The summed E-state index contributed by atoms with van der Waals surface area (Å²) in [5.41, 5.74) is 9.64. The first-order valence-corrected chi connectivity index (χ1v) is 8.00. The molecule has 0 aromatic heterocycles. The van der Waals surface area contributed by atoms with Gasteiger partial charge in [-0.3, -0.25) is 0 Å². The van der Waals surface area contributed by atoms with Crippen molar-refractivity contribution in [3.8, 4) is 0 Å². The molecule has 1 saturated carbocycles. The Bertz CT molecular complexity index is 373. The minimum absolute atomic E-state index is 0.202. The number of hydrogen-bond donors (Lipinski definition) is 1. The summed E-state index contributed by atoms with van der Waals surface area (Å²) in [6.07, 6.45) is 10.4. The molecule has 0 heterocycles. The number of hydrogen-bond acceptors (Lipinski definition) is 1. The third-order valence-corrected chi connectivity index (χ3v) is 4.90.